The highest BCUT2D eigenvalue weighted by molar-refractivity contribution is 5.86. The summed E-state index contributed by atoms with van der Waals surface area (Å²) in [7, 11) is 0. The molecule has 0 aliphatic heterocycles. The van der Waals surface area contributed by atoms with Crippen molar-refractivity contribution < 1.29 is 13.5 Å². The smallest absolute Gasteiger partial charge is 0.319 e. The first-order valence-corrected chi connectivity index (χ1v) is 4.74. The lowest BCUT2D eigenvalue weighted by Crippen LogP contribution is -1.96. The molecule has 0 radical (unpaired) electrons. The lowest BCUT2D eigenvalue weighted by molar-refractivity contribution is 0.0752. The topological polar surface area (TPSA) is 14.2 Å². The molecule has 0 saturated heterocycles. The van der Waals surface area contributed by atoms with Gasteiger partial charge in [-0.25, -0.2) is 0 Å². The zero-order valence-corrected chi connectivity index (χ0v) is 8.28. The molecule has 0 fully saturated rings. The summed E-state index contributed by atoms with van der Waals surface area (Å²) in [5, 5.41) is 0.722. The summed E-state index contributed by atoms with van der Waals surface area (Å²) in [5.74, 6) is 0.648. The van der Waals surface area contributed by atoms with Gasteiger partial charge in [-0.2, -0.15) is 8.78 Å². The molecular formula is C11H11F2NO. The number of benzene rings is 1. The van der Waals surface area contributed by atoms with Gasteiger partial charge in [0.15, 0.2) is 0 Å². The Balaban J connectivity index is 2.58. The van der Waals surface area contributed by atoms with Crippen LogP contribution in [0.5, 0.6) is 5.75 Å². The van der Waals surface area contributed by atoms with Crippen LogP contribution in [0.15, 0.2) is 30.5 Å². The molecule has 1 aromatic heterocycles. The van der Waals surface area contributed by atoms with Crippen LogP contribution in [-0.4, -0.2) is 11.2 Å². The summed E-state index contributed by atoms with van der Waals surface area (Å²) in [6, 6.07) is 6.80. The number of nitrogens with zero attached hydrogens (tertiary/aromatic N) is 1. The molecular weight excluding hydrogens is 200 g/mol. The van der Waals surface area contributed by atoms with Crippen LogP contribution in [0.2, 0.25) is 0 Å². The maximum absolute atomic E-state index is 12.6. The van der Waals surface area contributed by atoms with Gasteiger partial charge >= 0.3 is 6.55 Å². The Morgan fingerprint density at radius 3 is 2.80 bits per heavy atom. The van der Waals surface area contributed by atoms with E-state index >= 15 is 0 Å². The fourth-order valence-electron chi connectivity index (χ4n) is 1.61. The first-order chi connectivity index (χ1) is 7.24. The van der Waals surface area contributed by atoms with Gasteiger partial charge in [-0.3, -0.25) is 4.57 Å². The molecule has 0 aliphatic rings. The van der Waals surface area contributed by atoms with Crippen LogP contribution < -0.4 is 4.74 Å². The number of alkyl halides is 2. The van der Waals surface area contributed by atoms with Gasteiger partial charge in [0, 0.05) is 11.6 Å². The lowest BCUT2D eigenvalue weighted by atomic mass is 10.2. The van der Waals surface area contributed by atoms with Gasteiger partial charge in [0.25, 0.3) is 0 Å². The van der Waals surface area contributed by atoms with E-state index in [1.165, 1.54) is 6.20 Å². The predicted molar refractivity (Wildman–Crippen MR) is 54.4 cm³/mol. The zero-order chi connectivity index (χ0) is 10.8. The number of hydrogen-bond donors (Lipinski definition) is 0. The third-order valence-electron chi connectivity index (χ3n) is 2.23. The molecule has 0 bridgehead atoms. The van der Waals surface area contributed by atoms with Crippen LogP contribution >= 0.6 is 0 Å². The summed E-state index contributed by atoms with van der Waals surface area (Å²) in [5.41, 5.74) is 0.496. The second kappa shape index (κ2) is 3.88. The summed E-state index contributed by atoms with van der Waals surface area (Å²) < 4.78 is 31.4. The molecule has 1 aromatic carbocycles. The number of hydrogen-bond acceptors (Lipinski definition) is 1. The van der Waals surface area contributed by atoms with E-state index in [1.807, 2.05) is 6.92 Å². The van der Waals surface area contributed by atoms with E-state index in [4.69, 9.17) is 4.74 Å². The van der Waals surface area contributed by atoms with Crippen molar-refractivity contribution in [1.29, 1.82) is 0 Å². The van der Waals surface area contributed by atoms with E-state index in [0.29, 0.717) is 17.9 Å². The van der Waals surface area contributed by atoms with Crippen molar-refractivity contribution in [3.8, 4) is 5.75 Å². The minimum absolute atomic E-state index is 0.496. The molecule has 80 valence electrons. The van der Waals surface area contributed by atoms with Crippen molar-refractivity contribution in [2.75, 3.05) is 6.61 Å². The Morgan fingerprint density at radius 2 is 2.13 bits per heavy atom. The van der Waals surface area contributed by atoms with Gasteiger partial charge in [-0.05, 0) is 25.1 Å². The summed E-state index contributed by atoms with van der Waals surface area (Å²) >= 11 is 0. The second-order valence-corrected chi connectivity index (χ2v) is 3.12. The minimum Gasteiger partial charge on any atom is -0.493 e. The SMILES string of the molecule is CCOc1cccc2c1ccn2C(F)F. The van der Waals surface area contributed by atoms with Crippen molar-refractivity contribution in [1.82, 2.24) is 4.57 Å². The molecule has 0 spiro atoms. The molecule has 0 unspecified atom stereocenters. The number of ether oxygens (including phenoxy) is 1. The van der Waals surface area contributed by atoms with Crippen molar-refractivity contribution in [3.63, 3.8) is 0 Å². The highest BCUT2D eigenvalue weighted by Gasteiger charge is 2.11. The molecule has 15 heavy (non-hydrogen) atoms. The van der Waals surface area contributed by atoms with Gasteiger partial charge in [0.05, 0.1) is 12.1 Å². The van der Waals surface area contributed by atoms with Crippen molar-refractivity contribution >= 4 is 10.9 Å². The molecule has 0 N–H and O–H groups in total. The molecule has 0 aliphatic carbocycles. The molecule has 0 amide bonds. The number of rotatable bonds is 3. The van der Waals surface area contributed by atoms with Gasteiger partial charge in [-0.1, -0.05) is 6.07 Å². The van der Waals surface area contributed by atoms with E-state index in [-0.39, 0.29) is 0 Å². The summed E-state index contributed by atoms with van der Waals surface area (Å²) in [6.45, 7) is -0.124. The molecule has 0 saturated carbocycles. The third-order valence-corrected chi connectivity index (χ3v) is 2.23. The third kappa shape index (κ3) is 1.67. The van der Waals surface area contributed by atoms with Crippen LogP contribution in [-0.2, 0) is 0 Å². The van der Waals surface area contributed by atoms with E-state index < -0.39 is 6.55 Å². The Kier molecular flexibility index (Phi) is 2.58. The minimum atomic E-state index is -2.51. The van der Waals surface area contributed by atoms with E-state index in [0.717, 1.165) is 9.95 Å². The standard InChI is InChI=1S/C11H11F2NO/c1-2-15-10-5-3-4-9-8(10)6-7-14(9)11(12)13/h3-7,11H,2H2,1H3. The molecule has 1 heterocycles. The van der Waals surface area contributed by atoms with Crippen molar-refractivity contribution in [2.45, 2.75) is 13.5 Å². The van der Waals surface area contributed by atoms with Crippen molar-refractivity contribution in [2.24, 2.45) is 0 Å². The van der Waals surface area contributed by atoms with Gasteiger partial charge in [-0.15, -0.1) is 0 Å². The molecule has 4 heteroatoms. The lowest BCUT2D eigenvalue weighted by Gasteiger charge is -2.06. The van der Waals surface area contributed by atoms with Gasteiger partial charge < -0.3 is 4.74 Å². The monoisotopic (exact) mass is 211 g/mol. The normalized spacial score (nSPS) is 11.2. The molecule has 2 aromatic rings. The maximum Gasteiger partial charge on any atom is 0.319 e. The molecule has 2 rings (SSSR count). The first kappa shape index (κ1) is 9.96. The average molecular weight is 211 g/mol. The first-order valence-electron chi connectivity index (χ1n) is 4.74. The van der Waals surface area contributed by atoms with Crippen LogP contribution in [0.4, 0.5) is 8.78 Å². The Bertz CT molecular complexity index is 465. The maximum atomic E-state index is 12.6. The fraction of sp³-hybridized carbons (Fsp3) is 0.273. The highest BCUT2D eigenvalue weighted by Crippen LogP contribution is 2.29. The Hall–Kier alpha value is -1.58. The van der Waals surface area contributed by atoms with Crippen molar-refractivity contribution in [3.05, 3.63) is 30.5 Å². The number of fused-ring (bicyclic) bond motifs is 1. The Labute approximate surface area is 86.1 Å². The van der Waals surface area contributed by atoms with Crippen LogP contribution in [0.25, 0.3) is 10.9 Å². The van der Waals surface area contributed by atoms with Gasteiger partial charge in [0.2, 0.25) is 0 Å². The van der Waals surface area contributed by atoms with Crippen LogP contribution in [0, 0.1) is 0 Å². The summed E-state index contributed by atoms with van der Waals surface area (Å²) in [4.78, 5) is 0. The average Bonchev–Trinajstić information content (AvgIpc) is 2.62. The predicted octanol–water partition coefficient (Wildman–Crippen LogP) is 3.44. The van der Waals surface area contributed by atoms with Crippen LogP contribution in [0.3, 0.4) is 0 Å². The largest absolute Gasteiger partial charge is 0.493 e. The molecule has 0 atom stereocenters. The zero-order valence-electron chi connectivity index (χ0n) is 8.28. The molecule has 2 nitrogen and oxygen atoms in total. The quantitative estimate of drug-likeness (QED) is 0.758. The number of halogens is 2. The highest BCUT2D eigenvalue weighted by atomic mass is 19.3. The van der Waals surface area contributed by atoms with E-state index in [1.54, 1.807) is 24.3 Å². The second-order valence-electron chi connectivity index (χ2n) is 3.12. The van der Waals surface area contributed by atoms with Gasteiger partial charge in [0.1, 0.15) is 5.75 Å². The fourth-order valence-corrected chi connectivity index (χ4v) is 1.61. The van der Waals surface area contributed by atoms with E-state index in [9.17, 15) is 8.78 Å². The Morgan fingerprint density at radius 1 is 1.33 bits per heavy atom. The van der Waals surface area contributed by atoms with Crippen LogP contribution in [0.1, 0.15) is 13.5 Å². The summed E-state index contributed by atoms with van der Waals surface area (Å²) in [6.07, 6.45) is 1.37. The van der Waals surface area contributed by atoms with E-state index in [2.05, 4.69) is 0 Å². The number of aromatic nitrogens is 1.